The van der Waals surface area contributed by atoms with Gasteiger partial charge in [0.1, 0.15) is 0 Å². The van der Waals surface area contributed by atoms with Crippen molar-refractivity contribution in [3.05, 3.63) is 0 Å². The molecule has 1 atom stereocenters. The van der Waals surface area contributed by atoms with Crippen molar-refractivity contribution in [2.24, 2.45) is 0 Å². The maximum Gasteiger partial charge on any atom is 0.0175 e. The lowest BCUT2D eigenvalue weighted by Gasteiger charge is -2.18. The van der Waals surface area contributed by atoms with Crippen molar-refractivity contribution in [1.29, 1.82) is 0 Å². The average molecular weight is 199 g/mol. The van der Waals surface area contributed by atoms with E-state index in [1.165, 1.54) is 58.0 Å². The Morgan fingerprint density at radius 2 is 1.54 bits per heavy atom. The Morgan fingerprint density at radius 3 is 2.38 bits per heavy atom. The molecule has 2 aliphatic rings. The highest BCUT2D eigenvalue weighted by Gasteiger charge is 2.21. The average Bonchev–Trinajstić information content (AvgIpc) is 2.49. The smallest absolute Gasteiger partial charge is 0.0175 e. The molecule has 1 nitrogen and oxygen atoms in total. The van der Waals surface area contributed by atoms with Crippen LogP contribution in [0.5, 0.6) is 0 Å². The standard InChI is InChI=1S/C11H21NS/c1-2-6-10(5-1)13-11-7-3-4-8-12-9-11/h10-12H,1-9H2. The fraction of sp³-hybridized carbons (Fsp3) is 1.00. The SMILES string of the molecule is C1CCC(SC2CCCC2)CNC1. The topological polar surface area (TPSA) is 12.0 Å². The maximum absolute atomic E-state index is 3.55. The molecule has 0 aromatic heterocycles. The van der Waals surface area contributed by atoms with E-state index in [2.05, 4.69) is 17.1 Å². The maximum atomic E-state index is 3.55. The Labute approximate surface area is 86.0 Å². The molecule has 2 fully saturated rings. The molecule has 1 aliphatic carbocycles. The summed E-state index contributed by atoms with van der Waals surface area (Å²) in [6, 6.07) is 0. The van der Waals surface area contributed by atoms with E-state index in [0.29, 0.717) is 0 Å². The molecular formula is C11H21NS. The van der Waals surface area contributed by atoms with Gasteiger partial charge in [0.15, 0.2) is 0 Å². The van der Waals surface area contributed by atoms with Gasteiger partial charge >= 0.3 is 0 Å². The van der Waals surface area contributed by atoms with Crippen LogP contribution in [0.1, 0.15) is 44.9 Å². The van der Waals surface area contributed by atoms with Gasteiger partial charge in [-0.15, -0.1) is 0 Å². The van der Waals surface area contributed by atoms with E-state index in [9.17, 15) is 0 Å². The summed E-state index contributed by atoms with van der Waals surface area (Å²) < 4.78 is 0. The van der Waals surface area contributed by atoms with E-state index in [-0.39, 0.29) is 0 Å². The van der Waals surface area contributed by atoms with Crippen LogP contribution in [-0.4, -0.2) is 23.6 Å². The molecule has 1 aliphatic heterocycles. The first-order chi connectivity index (χ1) is 6.45. The van der Waals surface area contributed by atoms with E-state index in [1.807, 2.05) is 0 Å². The Bertz CT molecular complexity index is 135. The van der Waals surface area contributed by atoms with Crippen LogP contribution in [0.4, 0.5) is 0 Å². The van der Waals surface area contributed by atoms with Gasteiger partial charge in [-0.1, -0.05) is 19.3 Å². The normalized spacial score (nSPS) is 31.8. The largest absolute Gasteiger partial charge is 0.316 e. The van der Waals surface area contributed by atoms with Crippen molar-refractivity contribution < 1.29 is 0 Å². The summed E-state index contributed by atoms with van der Waals surface area (Å²) in [5.74, 6) is 0. The minimum atomic E-state index is 0.922. The molecular weight excluding hydrogens is 178 g/mol. The highest BCUT2D eigenvalue weighted by molar-refractivity contribution is 8.00. The number of thioether (sulfide) groups is 1. The zero-order valence-corrected chi connectivity index (χ0v) is 9.24. The van der Waals surface area contributed by atoms with Crippen molar-refractivity contribution in [3.63, 3.8) is 0 Å². The van der Waals surface area contributed by atoms with Crippen LogP contribution in [-0.2, 0) is 0 Å². The minimum absolute atomic E-state index is 0.922. The van der Waals surface area contributed by atoms with Crippen LogP contribution in [0.3, 0.4) is 0 Å². The van der Waals surface area contributed by atoms with E-state index < -0.39 is 0 Å². The Morgan fingerprint density at radius 1 is 0.846 bits per heavy atom. The van der Waals surface area contributed by atoms with Crippen molar-refractivity contribution in [2.45, 2.75) is 55.4 Å². The van der Waals surface area contributed by atoms with E-state index in [0.717, 1.165) is 10.5 Å². The minimum Gasteiger partial charge on any atom is -0.316 e. The second-order valence-electron chi connectivity index (χ2n) is 4.36. The van der Waals surface area contributed by atoms with Gasteiger partial charge in [-0.05, 0) is 32.2 Å². The Hall–Kier alpha value is 0.310. The molecule has 0 bridgehead atoms. The van der Waals surface area contributed by atoms with Gasteiger partial charge in [-0.25, -0.2) is 0 Å². The Kier molecular flexibility index (Phi) is 3.98. The fourth-order valence-electron chi connectivity index (χ4n) is 2.40. The van der Waals surface area contributed by atoms with Gasteiger partial charge in [-0.2, -0.15) is 11.8 Å². The van der Waals surface area contributed by atoms with Crippen LogP contribution in [0.15, 0.2) is 0 Å². The van der Waals surface area contributed by atoms with Crippen LogP contribution < -0.4 is 5.32 Å². The molecule has 1 heterocycles. The zero-order valence-electron chi connectivity index (χ0n) is 8.43. The van der Waals surface area contributed by atoms with Crippen LogP contribution >= 0.6 is 11.8 Å². The molecule has 76 valence electrons. The summed E-state index contributed by atoms with van der Waals surface area (Å²) in [4.78, 5) is 0. The van der Waals surface area contributed by atoms with Crippen LogP contribution in [0.25, 0.3) is 0 Å². The lowest BCUT2D eigenvalue weighted by Crippen LogP contribution is -2.23. The van der Waals surface area contributed by atoms with Crippen molar-refractivity contribution in [1.82, 2.24) is 5.32 Å². The summed E-state index contributed by atoms with van der Waals surface area (Å²) in [6.45, 7) is 2.52. The van der Waals surface area contributed by atoms with E-state index >= 15 is 0 Å². The van der Waals surface area contributed by atoms with Gasteiger partial charge in [0.25, 0.3) is 0 Å². The lowest BCUT2D eigenvalue weighted by molar-refractivity contribution is 0.705. The molecule has 0 aromatic rings. The molecule has 0 radical (unpaired) electrons. The molecule has 0 amide bonds. The van der Waals surface area contributed by atoms with Gasteiger partial charge in [-0.3, -0.25) is 0 Å². The lowest BCUT2D eigenvalue weighted by atomic mass is 10.2. The molecule has 1 N–H and O–H groups in total. The summed E-state index contributed by atoms with van der Waals surface area (Å²) in [6.07, 6.45) is 10.2. The summed E-state index contributed by atoms with van der Waals surface area (Å²) in [5.41, 5.74) is 0. The van der Waals surface area contributed by atoms with Gasteiger partial charge in [0.05, 0.1) is 0 Å². The van der Waals surface area contributed by atoms with Crippen LogP contribution in [0.2, 0.25) is 0 Å². The molecule has 2 heteroatoms. The van der Waals surface area contributed by atoms with E-state index in [4.69, 9.17) is 0 Å². The number of rotatable bonds is 2. The molecule has 1 saturated carbocycles. The highest BCUT2D eigenvalue weighted by Crippen LogP contribution is 2.34. The monoisotopic (exact) mass is 199 g/mol. The third-order valence-electron chi connectivity index (χ3n) is 3.19. The van der Waals surface area contributed by atoms with E-state index in [1.54, 1.807) is 0 Å². The molecule has 0 spiro atoms. The third-order valence-corrected chi connectivity index (χ3v) is 4.83. The number of hydrogen-bond acceptors (Lipinski definition) is 2. The number of hydrogen-bond donors (Lipinski definition) is 1. The van der Waals surface area contributed by atoms with Gasteiger partial charge < -0.3 is 5.32 Å². The molecule has 0 aromatic carbocycles. The Balaban J connectivity index is 1.71. The second-order valence-corrected chi connectivity index (χ2v) is 5.97. The molecule has 1 unspecified atom stereocenters. The fourth-order valence-corrected chi connectivity index (χ4v) is 4.07. The molecule has 13 heavy (non-hydrogen) atoms. The van der Waals surface area contributed by atoms with Crippen LogP contribution in [0, 0.1) is 0 Å². The first-order valence-corrected chi connectivity index (χ1v) is 6.75. The third kappa shape index (κ3) is 3.17. The second kappa shape index (κ2) is 5.26. The predicted molar refractivity (Wildman–Crippen MR) is 60.4 cm³/mol. The molecule has 1 saturated heterocycles. The van der Waals surface area contributed by atoms with Crippen molar-refractivity contribution >= 4 is 11.8 Å². The van der Waals surface area contributed by atoms with Crippen molar-refractivity contribution in [2.75, 3.05) is 13.1 Å². The summed E-state index contributed by atoms with van der Waals surface area (Å²) in [5, 5.41) is 5.48. The zero-order chi connectivity index (χ0) is 8.93. The summed E-state index contributed by atoms with van der Waals surface area (Å²) >= 11 is 2.28. The highest BCUT2D eigenvalue weighted by atomic mass is 32.2. The van der Waals surface area contributed by atoms with Gasteiger partial charge in [0.2, 0.25) is 0 Å². The number of nitrogens with one attached hydrogen (secondary N) is 1. The predicted octanol–water partition coefficient (Wildman–Crippen LogP) is 2.80. The molecule has 2 rings (SSSR count). The summed E-state index contributed by atoms with van der Waals surface area (Å²) in [7, 11) is 0. The first kappa shape index (κ1) is 9.85. The van der Waals surface area contributed by atoms with Crippen molar-refractivity contribution in [3.8, 4) is 0 Å². The first-order valence-electron chi connectivity index (χ1n) is 5.81. The quantitative estimate of drug-likeness (QED) is 0.734. The van der Waals surface area contributed by atoms with Gasteiger partial charge in [0, 0.05) is 17.0 Å².